The molecule has 84 valence electrons. The Hall–Kier alpha value is -1.26. The summed E-state index contributed by atoms with van der Waals surface area (Å²) >= 11 is 0.763. The zero-order valence-corrected chi connectivity index (χ0v) is 9.57. The average Bonchev–Trinajstić information content (AvgIpc) is 2.66. The van der Waals surface area contributed by atoms with Crippen LogP contribution in [-0.2, 0) is 10.0 Å². The fraction of sp³-hybridized carbons (Fsp3) is 0.400. The van der Waals surface area contributed by atoms with E-state index in [2.05, 4.69) is 25.6 Å². The van der Waals surface area contributed by atoms with Crippen molar-refractivity contribution in [2.75, 3.05) is 19.4 Å². The summed E-state index contributed by atoms with van der Waals surface area (Å²) in [6, 6.07) is -0.487. The molecule has 0 fully saturated rings. The number of nitrogens with one attached hydrogen (secondary N) is 3. The van der Waals surface area contributed by atoms with Crippen LogP contribution < -0.4 is 15.4 Å². The molecule has 0 saturated carbocycles. The maximum atomic E-state index is 11.2. The van der Waals surface area contributed by atoms with Crippen molar-refractivity contribution in [2.24, 2.45) is 0 Å². The van der Waals surface area contributed by atoms with E-state index in [-0.39, 0.29) is 9.47 Å². The molecule has 0 atom stereocenters. The van der Waals surface area contributed by atoms with Gasteiger partial charge in [-0.05, 0) is 7.05 Å². The summed E-state index contributed by atoms with van der Waals surface area (Å²) in [5.41, 5.74) is 0. The van der Waals surface area contributed by atoms with Crippen LogP contribution in [0.4, 0.5) is 9.93 Å². The van der Waals surface area contributed by atoms with Crippen LogP contribution in [0.15, 0.2) is 4.34 Å². The largest absolute Gasteiger partial charge is 0.341 e. The van der Waals surface area contributed by atoms with Crippen LogP contribution in [-0.4, -0.2) is 38.7 Å². The molecule has 1 rings (SSSR count). The van der Waals surface area contributed by atoms with Gasteiger partial charge in [0.25, 0.3) is 10.0 Å². The predicted molar refractivity (Wildman–Crippen MR) is 54.2 cm³/mol. The van der Waals surface area contributed by atoms with Crippen molar-refractivity contribution >= 4 is 32.5 Å². The molecule has 1 aromatic heterocycles. The van der Waals surface area contributed by atoms with Crippen molar-refractivity contribution < 1.29 is 13.2 Å². The van der Waals surface area contributed by atoms with Crippen LogP contribution in [0.1, 0.15) is 0 Å². The molecule has 0 aliphatic rings. The number of carbonyl (C=O) groups excluding carboxylic acids is 1. The Balaban J connectivity index is 2.86. The molecule has 0 radical (unpaired) electrons. The lowest BCUT2D eigenvalue weighted by Gasteiger charge is -1.96. The predicted octanol–water partition coefficient (Wildman–Crippen LogP) is -0.803. The highest BCUT2D eigenvalue weighted by atomic mass is 32.2. The van der Waals surface area contributed by atoms with Crippen molar-refractivity contribution in [1.29, 1.82) is 0 Å². The van der Waals surface area contributed by atoms with Gasteiger partial charge >= 0.3 is 6.03 Å². The van der Waals surface area contributed by atoms with E-state index in [1.54, 1.807) is 0 Å². The maximum Gasteiger partial charge on any atom is 0.320 e. The molecule has 1 heterocycles. The first-order chi connectivity index (χ1) is 6.99. The van der Waals surface area contributed by atoms with E-state index >= 15 is 0 Å². The zero-order valence-electron chi connectivity index (χ0n) is 7.94. The maximum absolute atomic E-state index is 11.2. The van der Waals surface area contributed by atoms with Gasteiger partial charge in [-0.25, -0.2) is 17.9 Å². The standard InChI is InChI=1S/C5H9N5O3S2/c1-6-3(11)8-4-9-10-5(14-4)15(12,13)7-2/h7H,1-2H3,(H2,6,8,9,11). The molecule has 0 bridgehead atoms. The van der Waals surface area contributed by atoms with E-state index in [0.29, 0.717) is 0 Å². The number of carbonyl (C=O) groups is 1. The monoisotopic (exact) mass is 251 g/mol. The third-order valence-electron chi connectivity index (χ3n) is 1.35. The van der Waals surface area contributed by atoms with Gasteiger partial charge in [0.1, 0.15) is 0 Å². The van der Waals surface area contributed by atoms with Crippen molar-refractivity contribution in [1.82, 2.24) is 20.2 Å². The van der Waals surface area contributed by atoms with Crippen LogP contribution in [0.3, 0.4) is 0 Å². The van der Waals surface area contributed by atoms with Crippen molar-refractivity contribution in [3.05, 3.63) is 0 Å². The normalized spacial score (nSPS) is 11.1. The smallest absolute Gasteiger partial charge is 0.320 e. The number of anilines is 1. The fourth-order valence-corrected chi connectivity index (χ4v) is 2.34. The van der Waals surface area contributed by atoms with Gasteiger partial charge in [0.05, 0.1) is 0 Å². The first-order valence-corrected chi connectivity index (χ1v) is 6.05. The van der Waals surface area contributed by atoms with Crippen LogP contribution in [0.25, 0.3) is 0 Å². The lowest BCUT2D eigenvalue weighted by Crippen LogP contribution is -2.24. The number of aromatic nitrogens is 2. The molecule has 15 heavy (non-hydrogen) atoms. The summed E-state index contributed by atoms with van der Waals surface area (Å²) in [5, 5.41) is 11.6. The van der Waals surface area contributed by atoms with Crippen LogP contribution >= 0.6 is 11.3 Å². The van der Waals surface area contributed by atoms with E-state index in [0.717, 1.165) is 11.3 Å². The van der Waals surface area contributed by atoms with Crippen molar-refractivity contribution in [3.8, 4) is 0 Å². The van der Waals surface area contributed by atoms with Gasteiger partial charge in [-0.3, -0.25) is 5.32 Å². The molecule has 0 aliphatic heterocycles. The summed E-state index contributed by atoms with van der Waals surface area (Å²) < 4.78 is 24.4. The zero-order chi connectivity index (χ0) is 11.5. The molecular weight excluding hydrogens is 242 g/mol. The quantitative estimate of drug-likeness (QED) is 0.608. The van der Waals surface area contributed by atoms with Gasteiger partial charge in [-0.15, -0.1) is 10.2 Å². The molecule has 0 aromatic carbocycles. The molecule has 0 saturated heterocycles. The summed E-state index contributed by atoms with van der Waals surface area (Å²) in [6.07, 6.45) is 0. The van der Waals surface area contributed by atoms with E-state index in [9.17, 15) is 13.2 Å². The number of urea groups is 1. The lowest BCUT2D eigenvalue weighted by molar-refractivity contribution is 0.254. The summed E-state index contributed by atoms with van der Waals surface area (Å²) in [5.74, 6) is 0. The highest BCUT2D eigenvalue weighted by molar-refractivity contribution is 7.91. The third kappa shape index (κ3) is 2.84. The molecule has 0 aliphatic carbocycles. The Morgan fingerprint density at radius 1 is 1.33 bits per heavy atom. The molecule has 0 spiro atoms. The van der Waals surface area contributed by atoms with E-state index in [4.69, 9.17) is 0 Å². The second kappa shape index (κ2) is 4.51. The molecule has 0 unspecified atom stereocenters. The minimum atomic E-state index is -3.60. The Kier molecular flexibility index (Phi) is 3.55. The average molecular weight is 251 g/mol. The molecule has 2 amide bonds. The number of rotatable bonds is 3. The molecule has 3 N–H and O–H groups in total. The van der Waals surface area contributed by atoms with Crippen LogP contribution in [0, 0.1) is 0 Å². The Bertz CT molecular complexity index is 453. The molecule has 1 aromatic rings. The first-order valence-electron chi connectivity index (χ1n) is 3.75. The third-order valence-corrected chi connectivity index (χ3v) is 3.97. The minimum Gasteiger partial charge on any atom is -0.341 e. The Morgan fingerprint density at radius 2 is 2.00 bits per heavy atom. The van der Waals surface area contributed by atoms with Gasteiger partial charge in [0, 0.05) is 7.05 Å². The van der Waals surface area contributed by atoms with Crippen LogP contribution in [0.5, 0.6) is 0 Å². The van der Waals surface area contributed by atoms with Gasteiger partial charge in [0.2, 0.25) is 9.47 Å². The topological polar surface area (TPSA) is 113 Å². The highest BCUT2D eigenvalue weighted by Crippen LogP contribution is 2.18. The fourth-order valence-electron chi connectivity index (χ4n) is 0.616. The van der Waals surface area contributed by atoms with E-state index in [1.165, 1.54) is 14.1 Å². The number of nitrogens with zero attached hydrogens (tertiary/aromatic N) is 2. The lowest BCUT2D eigenvalue weighted by atomic mass is 10.9. The molecular formula is C5H9N5O3S2. The van der Waals surface area contributed by atoms with Gasteiger partial charge in [0.15, 0.2) is 0 Å². The molecule has 10 heteroatoms. The summed E-state index contributed by atoms with van der Waals surface area (Å²) in [7, 11) is -0.898. The SMILES string of the molecule is CNC(=O)Nc1nnc(S(=O)(=O)NC)s1. The first kappa shape index (κ1) is 11.8. The number of sulfonamides is 1. The Labute approximate surface area is 90.1 Å². The van der Waals surface area contributed by atoms with E-state index in [1.807, 2.05) is 0 Å². The van der Waals surface area contributed by atoms with Crippen LogP contribution in [0.2, 0.25) is 0 Å². The summed E-state index contributed by atoms with van der Waals surface area (Å²) in [6.45, 7) is 0. The second-order valence-electron chi connectivity index (χ2n) is 2.28. The number of hydrogen-bond acceptors (Lipinski definition) is 6. The minimum absolute atomic E-state index is 0.114. The van der Waals surface area contributed by atoms with Gasteiger partial charge in [-0.1, -0.05) is 11.3 Å². The highest BCUT2D eigenvalue weighted by Gasteiger charge is 2.18. The number of hydrogen-bond donors (Lipinski definition) is 3. The number of amides is 2. The summed E-state index contributed by atoms with van der Waals surface area (Å²) in [4.78, 5) is 10.9. The van der Waals surface area contributed by atoms with Crippen molar-refractivity contribution in [3.63, 3.8) is 0 Å². The Morgan fingerprint density at radius 3 is 2.53 bits per heavy atom. The molecule has 8 nitrogen and oxygen atoms in total. The van der Waals surface area contributed by atoms with Gasteiger partial charge < -0.3 is 5.32 Å². The van der Waals surface area contributed by atoms with E-state index < -0.39 is 16.1 Å². The van der Waals surface area contributed by atoms with Gasteiger partial charge in [-0.2, -0.15) is 0 Å². The van der Waals surface area contributed by atoms with Crippen molar-refractivity contribution in [2.45, 2.75) is 4.34 Å². The second-order valence-corrected chi connectivity index (χ2v) is 5.32.